The first-order valence-corrected chi connectivity index (χ1v) is 10.9. The van der Waals surface area contributed by atoms with E-state index in [1.165, 1.54) is 11.1 Å². The highest BCUT2D eigenvalue weighted by Gasteiger charge is 2.24. The van der Waals surface area contributed by atoms with Crippen molar-refractivity contribution in [2.24, 2.45) is 10.7 Å². The standard InChI is InChI=1S/C23H31N5O2/c24-22(29)28-13-10-19(11-14-28)26-23(25-12-9-21-6-3-15-30-21)27-20-8-7-17-4-1-2-5-18(17)16-20/h1-6,15,19-20H,7-14,16H2,(H2,24,29)(H2,25,26,27). The lowest BCUT2D eigenvalue weighted by atomic mass is 9.88. The van der Waals surface area contributed by atoms with Crippen LogP contribution in [-0.2, 0) is 19.3 Å². The van der Waals surface area contributed by atoms with E-state index in [9.17, 15) is 4.79 Å². The molecule has 1 aromatic carbocycles. The lowest BCUT2D eigenvalue weighted by molar-refractivity contribution is 0.188. The average Bonchev–Trinajstić information content (AvgIpc) is 3.27. The number of primary amides is 1. The van der Waals surface area contributed by atoms with Gasteiger partial charge in [0, 0.05) is 38.1 Å². The van der Waals surface area contributed by atoms with Crippen molar-refractivity contribution in [1.29, 1.82) is 0 Å². The van der Waals surface area contributed by atoms with Gasteiger partial charge in [0.1, 0.15) is 5.76 Å². The van der Waals surface area contributed by atoms with E-state index in [1.54, 1.807) is 11.2 Å². The van der Waals surface area contributed by atoms with E-state index in [0.717, 1.165) is 50.2 Å². The van der Waals surface area contributed by atoms with Gasteiger partial charge in [0.15, 0.2) is 5.96 Å². The summed E-state index contributed by atoms with van der Waals surface area (Å²) in [5.41, 5.74) is 8.29. The second-order valence-corrected chi connectivity index (χ2v) is 8.16. The van der Waals surface area contributed by atoms with Gasteiger partial charge in [-0.25, -0.2) is 4.79 Å². The summed E-state index contributed by atoms with van der Waals surface area (Å²) in [7, 11) is 0. The third-order valence-electron chi connectivity index (χ3n) is 6.04. The lowest BCUT2D eigenvalue weighted by Gasteiger charge is -2.33. The number of likely N-dealkylation sites (tertiary alicyclic amines) is 1. The van der Waals surface area contributed by atoms with Gasteiger partial charge in [0.2, 0.25) is 0 Å². The third kappa shape index (κ3) is 5.34. The number of nitrogens with zero attached hydrogens (tertiary/aromatic N) is 2. The van der Waals surface area contributed by atoms with Crippen molar-refractivity contribution in [3.05, 3.63) is 59.5 Å². The van der Waals surface area contributed by atoms with Gasteiger partial charge in [-0.15, -0.1) is 0 Å². The zero-order valence-corrected chi connectivity index (χ0v) is 17.3. The second kappa shape index (κ2) is 9.69. The van der Waals surface area contributed by atoms with Gasteiger partial charge in [-0.1, -0.05) is 24.3 Å². The average molecular weight is 410 g/mol. The number of aryl methyl sites for hydroxylation is 1. The van der Waals surface area contributed by atoms with Crippen molar-refractivity contribution in [3.63, 3.8) is 0 Å². The molecule has 2 aromatic rings. The summed E-state index contributed by atoms with van der Waals surface area (Å²) in [6.45, 7) is 2.03. The fourth-order valence-corrected chi connectivity index (χ4v) is 4.32. The van der Waals surface area contributed by atoms with Crippen LogP contribution in [0.4, 0.5) is 4.79 Å². The summed E-state index contributed by atoms with van der Waals surface area (Å²) in [6, 6.07) is 12.9. The molecule has 0 saturated carbocycles. The van der Waals surface area contributed by atoms with Crippen LogP contribution < -0.4 is 16.4 Å². The first-order valence-electron chi connectivity index (χ1n) is 10.9. The van der Waals surface area contributed by atoms with Crippen LogP contribution in [0.25, 0.3) is 0 Å². The van der Waals surface area contributed by atoms with Gasteiger partial charge in [-0.05, 0) is 55.4 Å². The van der Waals surface area contributed by atoms with E-state index >= 15 is 0 Å². The quantitative estimate of drug-likeness (QED) is 0.522. The molecule has 2 aliphatic rings. The first-order chi connectivity index (χ1) is 14.7. The number of carbonyl (C=O) groups excluding carboxylic acids is 1. The Hall–Kier alpha value is -2.96. The number of piperidine rings is 1. The van der Waals surface area contributed by atoms with Gasteiger partial charge in [0.25, 0.3) is 0 Å². The largest absolute Gasteiger partial charge is 0.469 e. The number of carbonyl (C=O) groups is 1. The first kappa shape index (κ1) is 20.3. The molecule has 0 spiro atoms. The highest BCUT2D eigenvalue weighted by Crippen LogP contribution is 2.21. The van der Waals surface area contributed by atoms with Gasteiger partial charge >= 0.3 is 6.03 Å². The van der Waals surface area contributed by atoms with E-state index in [-0.39, 0.29) is 12.1 Å². The number of urea groups is 1. The minimum Gasteiger partial charge on any atom is -0.469 e. The van der Waals surface area contributed by atoms with Gasteiger partial charge in [0.05, 0.1) is 6.26 Å². The van der Waals surface area contributed by atoms with Crippen LogP contribution in [0.1, 0.15) is 36.1 Å². The monoisotopic (exact) mass is 409 g/mol. The SMILES string of the molecule is NC(=O)N1CCC(NC(=NCCc2ccco2)NC2CCc3ccccc3C2)CC1. The molecule has 1 fully saturated rings. The highest BCUT2D eigenvalue weighted by molar-refractivity contribution is 5.80. The minimum atomic E-state index is -0.334. The molecule has 1 atom stereocenters. The minimum absolute atomic E-state index is 0.284. The molecule has 7 nitrogen and oxygen atoms in total. The number of rotatable bonds is 5. The fraction of sp³-hybridized carbons (Fsp3) is 0.478. The Morgan fingerprint density at radius 1 is 1.07 bits per heavy atom. The lowest BCUT2D eigenvalue weighted by Crippen LogP contribution is -2.53. The Balaban J connectivity index is 1.37. The van der Waals surface area contributed by atoms with Crippen molar-refractivity contribution < 1.29 is 9.21 Å². The molecule has 1 saturated heterocycles. The number of furan rings is 1. The van der Waals surface area contributed by atoms with Crippen LogP contribution in [0.3, 0.4) is 0 Å². The summed E-state index contributed by atoms with van der Waals surface area (Å²) in [5.74, 6) is 1.79. The Labute approximate surface area is 177 Å². The molecule has 1 aliphatic carbocycles. The van der Waals surface area contributed by atoms with Crippen molar-refractivity contribution in [2.45, 2.75) is 50.6 Å². The van der Waals surface area contributed by atoms with E-state index < -0.39 is 0 Å². The number of hydrogen-bond donors (Lipinski definition) is 3. The van der Waals surface area contributed by atoms with Gasteiger partial charge in [-0.2, -0.15) is 0 Å². The normalized spacial score (nSPS) is 19.9. The molecule has 0 bridgehead atoms. The van der Waals surface area contributed by atoms with E-state index in [4.69, 9.17) is 15.1 Å². The molecule has 1 aromatic heterocycles. The molecular formula is C23H31N5O2. The zero-order chi connectivity index (χ0) is 20.8. The molecule has 30 heavy (non-hydrogen) atoms. The molecule has 7 heteroatoms. The number of hydrogen-bond acceptors (Lipinski definition) is 3. The molecule has 1 aliphatic heterocycles. The maximum atomic E-state index is 11.4. The Morgan fingerprint density at radius 2 is 1.83 bits per heavy atom. The van der Waals surface area contributed by atoms with Gasteiger partial charge in [-0.3, -0.25) is 4.99 Å². The van der Waals surface area contributed by atoms with Crippen molar-refractivity contribution in [3.8, 4) is 0 Å². The number of guanidine groups is 1. The molecule has 2 heterocycles. The number of aliphatic imine (C=N–C) groups is 1. The number of nitrogens with one attached hydrogen (secondary N) is 2. The maximum absolute atomic E-state index is 11.4. The summed E-state index contributed by atoms with van der Waals surface area (Å²) in [5, 5.41) is 7.26. The Morgan fingerprint density at radius 3 is 2.57 bits per heavy atom. The van der Waals surface area contributed by atoms with Crippen LogP contribution in [0, 0.1) is 0 Å². The van der Waals surface area contributed by atoms with E-state index in [0.29, 0.717) is 25.7 Å². The summed E-state index contributed by atoms with van der Waals surface area (Å²) < 4.78 is 5.43. The predicted molar refractivity (Wildman–Crippen MR) is 117 cm³/mol. The molecule has 0 radical (unpaired) electrons. The molecule has 160 valence electrons. The third-order valence-corrected chi connectivity index (χ3v) is 6.04. The molecule has 4 rings (SSSR count). The van der Waals surface area contributed by atoms with Crippen LogP contribution in [-0.4, -0.2) is 48.6 Å². The fourth-order valence-electron chi connectivity index (χ4n) is 4.32. The van der Waals surface area contributed by atoms with Gasteiger partial charge < -0.3 is 25.7 Å². The second-order valence-electron chi connectivity index (χ2n) is 8.16. The number of nitrogens with two attached hydrogens (primary N) is 1. The number of amides is 2. The van der Waals surface area contributed by atoms with Crippen LogP contribution >= 0.6 is 0 Å². The van der Waals surface area contributed by atoms with Crippen LogP contribution in [0.5, 0.6) is 0 Å². The van der Waals surface area contributed by atoms with E-state index in [1.807, 2.05) is 12.1 Å². The topological polar surface area (TPSA) is 95.9 Å². The Bertz CT molecular complexity index is 856. The smallest absolute Gasteiger partial charge is 0.314 e. The number of fused-ring (bicyclic) bond motifs is 1. The Kier molecular flexibility index (Phi) is 6.57. The maximum Gasteiger partial charge on any atom is 0.314 e. The van der Waals surface area contributed by atoms with Crippen molar-refractivity contribution >= 4 is 12.0 Å². The molecule has 1 unspecified atom stereocenters. The van der Waals surface area contributed by atoms with Crippen LogP contribution in [0.2, 0.25) is 0 Å². The molecule has 4 N–H and O–H groups in total. The molecule has 2 amide bonds. The van der Waals surface area contributed by atoms with Crippen LogP contribution in [0.15, 0.2) is 52.1 Å². The highest BCUT2D eigenvalue weighted by atomic mass is 16.3. The summed E-state index contributed by atoms with van der Waals surface area (Å²) in [4.78, 5) is 17.9. The van der Waals surface area contributed by atoms with Crippen molar-refractivity contribution in [1.82, 2.24) is 15.5 Å². The molecular weight excluding hydrogens is 378 g/mol. The zero-order valence-electron chi connectivity index (χ0n) is 17.3. The summed E-state index contributed by atoms with van der Waals surface area (Å²) in [6.07, 6.45) is 7.40. The van der Waals surface area contributed by atoms with Crippen molar-refractivity contribution in [2.75, 3.05) is 19.6 Å². The number of benzene rings is 1. The van der Waals surface area contributed by atoms with E-state index in [2.05, 4.69) is 34.9 Å². The summed E-state index contributed by atoms with van der Waals surface area (Å²) >= 11 is 0. The predicted octanol–water partition coefficient (Wildman–Crippen LogP) is 2.46.